The Hall–Kier alpha value is -1.67. The first kappa shape index (κ1) is 33.4. The fraction of sp³-hybridized carbons (Fsp3) is 0.294. The molecular weight excluding hydrogens is 658 g/mol. The van der Waals surface area contributed by atoms with Crippen molar-refractivity contribution in [2.45, 2.75) is 65.7 Å². The summed E-state index contributed by atoms with van der Waals surface area (Å²) >= 11 is 1.15. The molecule has 0 spiro atoms. The molecule has 3 heteroatoms. The van der Waals surface area contributed by atoms with Crippen molar-refractivity contribution in [2.75, 3.05) is 0 Å². The summed E-state index contributed by atoms with van der Waals surface area (Å²) in [6.07, 6.45) is 1.03. The van der Waals surface area contributed by atoms with E-state index in [0.29, 0.717) is 0 Å². The van der Waals surface area contributed by atoms with Crippen LogP contribution in [-0.4, -0.2) is 3.76 Å². The number of hydrogen-bond donors (Lipinski definition) is 0. The van der Waals surface area contributed by atoms with Gasteiger partial charge in [0, 0.05) is 0 Å². The van der Waals surface area contributed by atoms with E-state index >= 15 is 0 Å². The number of fused-ring (bicyclic) bond motifs is 3. The van der Waals surface area contributed by atoms with Gasteiger partial charge in [-0.3, -0.25) is 0 Å². The Bertz CT molecular complexity index is 1180. The minimum atomic E-state index is 0. The molecule has 37 heavy (non-hydrogen) atoms. The van der Waals surface area contributed by atoms with E-state index in [1.807, 2.05) is 30.3 Å². The van der Waals surface area contributed by atoms with E-state index in [2.05, 4.69) is 113 Å². The smallest absolute Gasteiger partial charge is 0.172 e. The van der Waals surface area contributed by atoms with Gasteiger partial charge in [-0.2, -0.15) is 42.0 Å². The van der Waals surface area contributed by atoms with Crippen molar-refractivity contribution in [3.63, 3.8) is 0 Å². The van der Waals surface area contributed by atoms with E-state index in [0.717, 1.165) is 30.3 Å². The van der Waals surface area contributed by atoms with Crippen LogP contribution in [0.3, 0.4) is 0 Å². The second-order valence-electron chi connectivity index (χ2n) is 11.3. The van der Waals surface area contributed by atoms with Crippen molar-refractivity contribution >= 4 is 3.76 Å². The van der Waals surface area contributed by atoms with E-state index in [1.165, 1.54) is 44.5 Å². The van der Waals surface area contributed by atoms with Crippen LogP contribution in [0.1, 0.15) is 74.9 Å². The molecule has 1 aliphatic rings. The third-order valence-electron chi connectivity index (χ3n) is 6.23. The van der Waals surface area contributed by atoms with Gasteiger partial charge in [-0.1, -0.05) is 65.3 Å². The van der Waals surface area contributed by atoms with Gasteiger partial charge in [0.1, 0.15) is 0 Å². The van der Waals surface area contributed by atoms with E-state index in [-0.39, 0.29) is 35.6 Å². The molecule has 0 amide bonds. The Morgan fingerprint density at radius 3 is 1.92 bits per heavy atom. The molecule has 4 aromatic carbocycles. The molecule has 1 aliphatic carbocycles. The fourth-order valence-corrected chi connectivity index (χ4v) is 4.75. The molecule has 0 aromatic heterocycles. The molecule has 4 aromatic rings. The molecule has 0 N–H and O–H groups in total. The summed E-state index contributed by atoms with van der Waals surface area (Å²) < 4.78 is 2.24. The summed E-state index contributed by atoms with van der Waals surface area (Å²) in [5.41, 5.74) is 11.4. The molecule has 0 radical (unpaired) electrons. The fourth-order valence-electron chi connectivity index (χ4n) is 4.11. The molecule has 0 nitrogen and oxygen atoms in total. The second-order valence-corrected chi connectivity index (χ2v) is 12.4. The zero-order valence-electron chi connectivity index (χ0n) is 23.1. The van der Waals surface area contributed by atoms with Crippen molar-refractivity contribution in [1.29, 1.82) is 0 Å². The maximum Gasteiger partial charge on any atom is -0.172 e. The molecule has 0 heterocycles. The quantitative estimate of drug-likeness (QED) is 0.187. The number of halogens is 2. The molecule has 0 unspecified atom stereocenters. The van der Waals surface area contributed by atoms with Crippen molar-refractivity contribution in [1.82, 2.24) is 0 Å². The minimum absolute atomic E-state index is 0. The first-order valence-corrected chi connectivity index (χ1v) is 14.5. The Kier molecular flexibility index (Phi) is 13.0. The normalized spacial score (nSPS) is 11.3. The first-order valence-electron chi connectivity index (χ1n) is 12.4. The van der Waals surface area contributed by atoms with Gasteiger partial charge in [-0.15, -0.1) is 11.1 Å². The van der Waals surface area contributed by atoms with Crippen LogP contribution in [0.5, 0.6) is 0 Å². The largest absolute Gasteiger partial charge is 1.00 e. The van der Waals surface area contributed by atoms with E-state index < -0.39 is 0 Å². The van der Waals surface area contributed by atoms with Crippen LogP contribution in [0.15, 0.2) is 84.9 Å². The van der Waals surface area contributed by atoms with E-state index in [9.17, 15) is 0 Å². The molecule has 5 rings (SSSR count). The van der Waals surface area contributed by atoms with Gasteiger partial charge in [0.2, 0.25) is 0 Å². The van der Waals surface area contributed by atoms with Crippen LogP contribution in [0.25, 0.3) is 11.1 Å². The van der Waals surface area contributed by atoms with Crippen LogP contribution < -0.4 is 24.8 Å². The zero-order valence-corrected chi connectivity index (χ0v) is 28.2. The Labute approximate surface area is 252 Å². The average molecular weight is 696 g/mol. The SMILES string of the molecule is CC(C)(C)c1[c-]c2c(cc1)-c1ccc(C(C)(C)C)cc1C2.Cc1cccc([CH]=[Hf+2])c1.[Cl-].[Cl-].c1cc[cH-]c1. The molecule has 0 saturated heterocycles. The summed E-state index contributed by atoms with van der Waals surface area (Å²) in [5.74, 6) is 0. The molecule has 194 valence electrons. The standard InChI is InChI=1S/C21H25.C8H8.C5H5.2ClH.Hf/c1-20(2,3)16-7-9-18-14(12-16)11-15-13-17(21(4,5)6)8-10-19(15)18;1-7-4-3-5-8(2)6-7;1-2-4-5-3-1;;;/h7-10,12H,11H2,1-6H3;1,3-6H,2H3;1-5H;2*1H;/q-1;;-1;;;+2/p-2. The molecule has 0 atom stereocenters. The maximum absolute atomic E-state index is 3.67. The van der Waals surface area contributed by atoms with E-state index in [4.69, 9.17) is 0 Å². The maximum atomic E-state index is 3.67. The summed E-state index contributed by atoms with van der Waals surface area (Å²) in [4.78, 5) is 0. The monoisotopic (exact) mass is 696 g/mol. The Morgan fingerprint density at radius 2 is 1.43 bits per heavy atom. The van der Waals surface area contributed by atoms with E-state index in [1.54, 1.807) is 0 Å². The zero-order chi connectivity index (χ0) is 25.6. The third-order valence-corrected chi connectivity index (χ3v) is 7.43. The Morgan fingerprint density at radius 1 is 0.784 bits per heavy atom. The number of aryl methyl sites for hydroxylation is 1. The van der Waals surface area contributed by atoms with Gasteiger partial charge in [0.15, 0.2) is 0 Å². The van der Waals surface area contributed by atoms with Gasteiger partial charge in [-0.05, 0) is 28.4 Å². The van der Waals surface area contributed by atoms with Crippen molar-refractivity contribution in [3.05, 3.63) is 124 Å². The topological polar surface area (TPSA) is 0 Å². The van der Waals surface area contributed by atoms with Crippen LogP contribution in [0, 0.1) is 13.0 Å². The third kappa shape index (κ3) is 9.54. The molecule has 0 aliphatic heterocycles. The van der Waals surface area contributed by atoms with Crippen molar-refractivity contribution in [3.8, 4) is 11.1 Å². The molecular formula is C34H38Cl2Hf-2. The second kappa shape index (κ2) is 14.5. The molecule has 0 bridgehead atoms. The van der Waals surface area contributed by atoms with Crippen LogP contribution >= 0.6 is 0 Å². The summed E-state index contributed by atoms with van der Waals surface area (Å²) in [6, 6.07) is 33.7. The number of rotatable bonds is 1. The number of hydrogen-bond acceptors (Lipinski definition) is 0. The summed E-state index contributed by atoms with van der Waals surface area (Å²) in [7, 11) is 0. The van der Waals surface area contributed by atoms with Gasteiger partial charge in [0.05, 0.1) is 0 Å². The first-order chi connectivity index (χ1) is 16.5. The van der Waals surface area contributed by atoms with Gasteiger partial charge in [0.25, 0.3) is 0 Å². The predicted molar refractivity (Wildman–Crippen MR) is 149 cm³/mol. The van der Waals surface area contributed by atoms with Gasteiger partial charge in [-0.25, -0.2) is 12.1 Å². The van der Waals surface area contributed by atoms with Crippen molar-refractivity contribution in [2.24, 2.45) is 0 Å². The van der Waals surface area contributed by atoms with Crippen LogP contribution in [-0.2, 0) is 41.1 Å². The summed E-state index contributed by atoms with van der Waals surface area (Å²) in [5, 5.41) is 0. The average Bonchev–Trinajstić information content (AvgIpc) is 3.49. The van der Waals surface area contributed by atoms with Gasteiger partial charge >= 0.3 is 70.0 Å². The molecule has 0 fully saturated rings. The predicted octanol–water partition coefficient (Wildman–Crippen LogP) is 2.76. The minimum Gasteiger partial charge on any atom is -1.00 e. The van der Waals surface area contributed by atoms with Crippen LogP contribution in [0.4, 0.5) is 0 Å². The molecule has 0 saturated carbocycles. The van der Waals surface area contributed by atoms with Crippen molar-refractivity contribution < 1.29 is 48.7 Å². The van der Waals surface area contributed by atoms with Gasteiger partial charge < -0.3 is 24.8 Å². The van der Waals surface area contributed by atoms with Crippen LogP contribution in [0.2, 0.25) is 0 Å². The Balaban J connectivity index is 0.000000354. The number of benzene rings is 3. The summed E-state index contributed by atoms with van der Waals surface area (Å²) in [6.45, 7) is 15.7.